The summed E-state index contributed by atoms with van der Waals surface area (Å²) in [6, 6.07) is 16.5. The van der Waals surface area contributed by atoms with Crippen LogP contribution in [0.2, 0.25) is 0 Å². The maximum Gasteiger partial charge on any atom is 0.259 e. The van der Waals surface area contributed by atoms with Gasteiger partial charge in [-0.25, -0.2) is 9.94 Å². The molecule has 200 valence electrons. The molecule has 0 bridgehead atoms. The summed E-state index contributed by atoms with van der Waals surface area (Å²) in [6.45, 7) is 4.02. The number of aryl methyl sites for hydroxylation is 2. The van der Waals surface area contributed by atoms with Gasteiger partial charge in [-0.15, -0.1) is 0 Å². The van der Waals surface area contributed by atoms with Crippen molar-refractivity contribution in [3.05, 3.63) is 87.1 Å². The van der Waals surface area contributed by atoms with E-state index in [4.69, 9.17) is 10.1 Å². The molecule has 1 amide bonds. The van der Waals surface area contributed by atoms with E-state index in [0.717, 1.165) is 77.7 Å². The number of benzene rings is 2. The van der Waals surface area contributed by atoms with Gasteiger partial charge in [0.15, 0.2) is 0 Å². The molecule has 39 heavy (non-hydrogen) atoms. The van der Waals surface area contributed by atoms with E-state index in [0.29, 0.717) is 18.0 Å². The Morgan fingerprint density at radius 2 is 1.79 bits per heavy atom. The average Bonchev–Trinajstić information content (AvgIpc) is 3.57. The first-order valence-corrected chi connectivity index (χ1v) is 14.1. The van der Waals surface area contributed by atoms with Gasteiger partial charge < -0.3 is 0 Å². The Hall–Kier alpha value is -4.07. The van der Waals surface area contributed by atoms with Crippen LogP contribution in [-0.4, -0.2) is 30.8 Å². The molecule has 0 atom stereocenters. The van der Waals surface area contributed by atoms with Gasteiger partial charge in [0.1, 0.15) is 5.82 Å². The number of aromatic nitrogens is 4. The van der Waals surface area contributed by atoms with Gasteiger partial charge >= 0.3 is 0 Å². The number of carbonyl (C=O) groups is 1. The predicted molar refractivity (Wildman–Crippen MR) is 152 cm³/mol. The summed E-state index contributed by atoms with van der Waals surface area (Å²) < 4.78 is 3.85. The predicted octanol–water partition coefficient (Wildman–Crippen LogP) is 5.14. The van der Waals surface area contributed by atoms with E-state index in [2.05, 4.69) is 47.8 Å². The molecule has 1 aliphatic carbocycles. The molecule has 0 radical (unpaired) electrons. The highest BCUT2D eigenvalue weighted by Crippen LogP contribution is 2.31. The van der Waals surface area contributed by atoms with E-state index in [9.17, 15) is 9.59 Å². The molecule has 1 N–H and O–H groups in total. The lowest BCUT2D eigenvalue weighted by Crippen LogP contribution is -2.33. The average molecular weight is 523 g/mol. The maximum atomic E-state index is 14.3. The molecular weight excluding hydrogens is 488 g/mol. The Labute approximate surface area is 227 Å². The van der Waals surface area contributed by atoms with Crippen LogP contribution >= 0.6 is 0 Å². The molecule has 8 nitrogen and oxygen atoms in total. The highest BCUT2D eigenvalue weighted by atomic mass is 16.2. The zero-order valence-electron chi connectivity index (χ0n) is 22.6. The van der Waals surface area contributed by atoms with Gasteiger partial charge in [0.2, 0.25) is 11.7 Å². The molecule has 1 fully saturated rings. The summed E-state index contributed by atoms with van der Waals surface area (Å²) in [5, 5.41) is 9.09. The number of rotatable bonds is 7. The zero-order valence-corrected chi connectivity index (χ0v) is 22.6. The third-order valence-corrected chi connectivity index (χ3v) is 7.92. The molecule has 3 heterocycles. The maximum absolute atomic E-state index is 14.3. The monoisotopic (exact) mass is 522 g/mol. The van der Waals surface area contributed by atoms with Crippen LogP contribution in [0.25, 0.3) is 16.9 Å². The Bertz CT molecular complexity index is 1630. The highest BCUT2D eigenvalue weighted by Gasteiger charge is 2.26. The molecule has 0 saturated heterocycles. The van der Waals surface area contributed by atoms with Crippen molar-refractivity contribution in [3.63, 3.8) is 0 Å². The fourth-order valence-electron chi connectivity index (χ4n) is 6.10. The summed E-state index contributed by atoms with van der Waals surface area (Å²) in [5.41, 5.74) is 9.08. The lowest BCUT2D eigenvalue weighted by molar-refractivity contribution is -0.119. The number of carbonyl (C=O) groups excluding carboxylic acids is 1. The standard InChI is InChI=1S/C31H34N6O2/c1-3-10-28-26(30(39)36(23-13-8-5-9-14-23)31-32-20(2)35-37(28)31)18-21-15-16-24(22-11-6-4-7-12-22)25(17-21)27-19-29(38)34-33-27/h4,6-7,11-12,15-17,23H,3,5,8-10,13-14,18-19H2,1-2H3,(H,34,38). The van der Waals surface area contributed by atoms with E-state index in [1.165, 1.54) is 6.42 Å². The number of hydrogen-bond acceptors (Lipinski definition) is 5. The molecule has 4 aromatic rings. The molecule has 1 aliphatic heterocycles. The van der Waals surface area contributed by atoms with Crippen molar-refractivity contribution in [3.8, 4) is 11.1 Å². The topological polar surface area (TPSA) is 93.6 Å². The van der Waals surface area contributed by atoms with Crippen LogP contribution in [0.15, 0.2) is 58.4 Å². The molecule has 1 saturated carbocycles. The SMILES string of the molecule is CCCc1c(Cc2ccc(-c3ccccc3)c(C3=NNC(=O)C3)c2)c(=O)n(C2CCCCC2)c2nc(C)nn12. The fourth-order valence-corrected chi connectivity index (χ4v) is 6.10. The van der Waals surface area contributed by atoms with Crippen LogP contribution < -0.4 is 11.0 Å². The smallest absolute Gasteiger partial charge is 0.259 e. The molecule has 0 spiro atoms. The molecule has 6 rings (SSSR count). The van der Waals surface area contributed by atoms with Crippen LogP contribution in [0.4, 0.5) is 0 Å². The zero-order chi connectivity index (χ0) is 26.9. The van der Waals surface area contributed by atoms with Crippen LogP contribution in [0.1, 0.15) is 86.1 Å². The quantitative estimate of drug-likeness (QED) is 0.364. The Kier molecular flexibility index (Phi) is 6.85. The number of nitrogens with zero attached hydrogens (tertiary/aromatic N) is 5. The van der Waals surface area contributed by atoms with Crippen LogP contribution in [0.5, 0.6) is 0 Å². The van der Waals surface area contributed by atoms with Crippen LogP contribution in [0, 0.1) is 6.92 Å². The third-order valence-electron chi connectivity index (χ3n) is 7.92. The Morgan fingerprint density at radius 3 is 2.51 bits per heavy atom. The minimum atomic E-state index is -0.109. The number of amides is 1. The van der Waals surface area contributed by atoms with Crippen molar-refractivity contribution in [1.29, 1.82) is 0 Å². The highest BCUT2D eigenvalue weighted by molar-refractivity contribution is 6.16. The number of hydrazone groups is 1. The van der Waals surface area contributed by atoms with Crippen molar-refractivity contribution < 1.29 is 4.79 Å². The van der Waals surface area contributed by atoms with Crippen molar-refractivity contribution >= 4 is 17.4 Å². The number of nitrogens with one attached hydrogen (secondary N) is 1. The third kappa shape index (κ3) is 4.80. The summed E-state index contributed by atoms with van der Waals surface area (Å²) in [4.78, 5) is 31.0. The second-order valence-corrected chi connectivity index (χ2v) is 10.7. The Balaban J connectivity index is 1.50. The minimum absolute atomic E-state index is 0.0500. The van der Waals surface area contributed by atoms with Gasteiger partial charge in [-0.2, -0.15) is 15.2 Å². The molecule has 8 heteroatoms. The van der Waals surface area contributed by atoms with Gasteiger partial charge in [0.25, 0.3) is 5.56 Å². The lowest BCUT2D eigenvalue weighted by Gasteiger charge is -2.26. The van der Waals surface area contributed by atoms with Crippen molar-refractivity contribution in [1.82, 2.24) is 24.6 Å². The molecule has 0 unspecified atom stereocenters. The van der Waals surface area contributed by atoms with Crippen LogP contribution in [-0.2, 0) is 17.6 Å². The van der Waals surface area contributed by atoms with Crippen molar-refractivity contribution in [2.75, 3.05) is 0 Å². The first-order chi connectivity index (χ1) is 19.0. The van der Waals surface area contributed by atoms with E-state index >= 15 is 0 Å². The first kappa shape index (κ1) is 25.2. The molecular formula is C31H34N6O2. The van der Waals surface area contributed by atoms with E-state index in [1.807, 2.05) is 34.2 Å². The molecule has 2 aromatic heterocycles. The summed E-state index contributed by atoms with van der Waals surface area (Å²) >= 11 is 0. The van der Waals surface area contributed by atoms with Gasteiger partial charge in [-0.3, -0.25) is 14.2 Å². The largest absolute Gasteiger partial charge is 0.274 e. The Morgan fingerprint density at radius 1 is 1.00 bits per heavy atom. The van der Waals surface area contributed by atoms with Gasteiger partial charge in [-0.1, -0.05) is 75.1 Å². The minimum Gasteiger partial charge on any atom is -0.274 e. The summed E-state index contributed by atoms with van der Waals surface area (Å²) in [7, 11) is 0. The molecule has 2 aliphatic rings. The second-order valence-electron chi connectivity index (χ2n) is 10.7. The fraction of sp³-hybridized carbons (Fsp3) is 0.387. The normalized spacial score (nSPS) is 16.1. The number of hydrogen-bond donors (Lipinski definition) is 1. The molecule has 2 aromatic carbocycles. The lowest BCUT2D eigenvalue weighted by atomic mass is 9.91. The summed E-state index contributed by atoms with van der Waals surface area (Å²) in [6.07, 6.45) is 7.81. The second kappa shape index (κ2) is 10.6. The van der Waals surface area contributed by atoms with Gasteiger partial charge in [-0.05, 0) is 48.9 Å². The van der Waals surface area contributed by atoms with Crippen molar-refractivity contribution in [2.24, 2.45) is 5.10 Å². The van der Waals surface area contributed by atoms with E-state index < -0.39 is 0 Å². The number of fused-ring (bicyclic) bond motifs is 1. The van der Waals surface area contributed by atoms with Crippen LogP contribution in [0.3, 0.4) is 0 Å². The first-order valence-electron chi connectivity index (χ1n) is 14.1. The summed E-state index contributed by atoms with van der Waals surface area (Å²) in [5.74, 6) is 1.24. The van der Waals surface area contributed by atoms with Crippen molar-refractivity contribution in [2.45, 2.75) is 77.7 Å². The van der Waals surface area contributed by atoms with Gasteiger partial charge in [0, 0.05) is 23.6 Å². The van der Waals surface area contributed by atoms with E-state index in [1.54, 1.807) is 0 Å². The van der Waals surface area contributed by atoms with E-state index in [-0.39, 0.29) is 23.9 Å². The van der Waals surface area contributed by atoms with Gasteiger partial charge in [0.05, 0.1) is 17.8 Å².